The lowest BCUT2D eigenvalue weighted by molar-refractivity contribution is 0.102. The van der Waals surface area contributed by atoms with Gasteiger partial charge in [0.2, 0.25) is 5.90 Å². The van der Waals surface area contributed by atoms with E-state index in [4.69, 9.17) is 19.6 Å². The highest BCUT2D eigenvalue weighted by molar-refractivity contribution is 7.17. The summed E-state index contributed by atoms with van der Waals surface area (Å²) in [6.45, 7) is 6.15. The van der Waals surface area contributed by atoms with Crippen molar-refractivity contribution in [1.29, 1.82) is 5.41 Å². The molecule has 2 aromatic heterocycles. The van der Waals surface area contributed by atoms with Gasteiger partial charge in [-0.25, -0.2) is 9.67 Å². The van der Waals surface area contributed by atoms with E-state index < -0.39 is 5.91 Å². The highest BCUT2D eigenvalue weighted by Gasteiger charge is 2.22. The Hall–Kier alpha value is -2.83. The quantitative estimate of drug-likeness (QED) is 0.407. The topological polar surface area (TPSA) is 127 Å². The Bertz CT molecular complexity index is 864. The normalized spacial score (nSPS) is 10.6. The van der Waals surface area contributed by atoms with E-state index in [1.54, 1.807) is 14.2 Å². The number of carbonyl (C=O) groups excluding carboxylic acids is 1. The minimum atomic E-state index is -0.456. The maximum atomic E-state index is 12.5. The van der Waals surface area contributed by atoms with E-state index in [1.165, 1.54) is 29.3 Å². The summed E-state index contributed by atoms with van der Waals surface area (Å²) in [4.78, 5) is 19.3. The molecule has 0 radical (unpaired) electrons. The largest absolute Gasteiger partial charge is 0.480 e. The van der Waals surface area contributed by atoms with Crippen molar-refractivity contribution >= 4 is 34.0 Å². The fourth-order valence-corrected chi connectivity index (χ4v) is 3.20. The lowest BCUT2D eigenvalue weighted by Gasteiger charge is -2.20. The minimum absolute atomic E-state index is 0.122. The van der Waals surface area contributed by atoms with Crippen LogP contribution < -0.4 is 5.32 Å². The molecule has 2 rings (SSSR count). The predicted octanol–water partition coefficient (Wildman–Crippen LogP) is 1.15. The maximum Gasteiger partial charge on any atom is 0.279 e. The number of nitrogens with one attached hydrogen (secondary N) is 2. The van der Waals surface area contributed by atoms with Gasteiger partial charge in [0.05, 0.1) is 37.9 Å². The number of likely N-dealkylation sites (N-methyl/N-ethyl adjacent to an activating group) is 1. The third-order valence-corrected chi connectivity index (χ3v) is 4.94. The molecular weight excluding hydrogens is 398 g/mol. The molecule has 0 atom stereocenters. The summed E-state index contributed by atoms with van der Waals surface area (Å²) < 4.78 is 16.6. The van der Waals surface area contributed by atoms with Gasteiger partial charge in [-0.05, 0) is 0 Å². The standard InChI is InChI=1S/C17H25N7O4S/c1-11(23(2)6-8-26-3)14-13(15(18)28-5)19-17(29-14)20-16(25)12-10-24(22-21-12)7-9-27-4/h10,18H,1,6-9H2,2-5H3,(H,19,20,25). The molecule has 12 heteroatoms. The molecule has 0 spiro atoms. The van der Waals surface area contributed by atoms with Gasteiger partial charge in [-0.1, -0.05) is 23.1 Å². The molecule has 0 saturated heterocycles. The van der Waals surface area contributed by atoms with Crippen LogP contribution in [0.4, 0.5) is 5.13 Å². The Morgan fingerprint density at radius 1 is 1.34 bits per heavy atom. The number of thiazole rings is 1. The summed E-state index contributed by atoms with van der Waals surface area (Å²) in [5, 5.41) is 18.7. The third kappa shape index (κ3) is 5.82. The Morgan fingerprint density at radius 2 is 2.07 bits per heavy atom. The number of nitrogens with zero attached hydrogens (tertiary/aromatic N) is 5. The van der Waals surface area contributed by atoms with Gasteiger partial charge in [0.25, 0.3) is 5.91 Å². The summed E-state index contributed by atoms with van der Waals surface area (Å²) >= 11 is 1.20. The van der Waals surface area contributed by atoms with Gasteiger partial charge < -0.3 is 19.1 Å². The van der Waals surface area contributed by atoms with Crippen LogP contribution in [-0.4, -0.2) is 84.8 Å². The van der Waals surface area contributed by atoms with Crippen LogP contribution in [0, 0.1) is 5.41 Å². The molecule has 0 bridgehead atoms. The first-order chi connectivity index (χ1) is 13.9. The molecular formula is C17H25N7O4S. The van der Waals surface area contributed by atoms with Crippen LogP contribution in [0.3, 0.4) is 0 Å². The summed E-state index contributed by atoms with van der Waals surface area (Å²) in [6, 6.07) is 0. The Balaban J connectivity index is 2.19. The summed E-state index contributed by atoms with van der Waals surface area (Å²) in [5.74, 6) is -0.577. The van der Waals surface area contributed by atoms with E-state index in [0.29, 0.717) is 47.7 Å². The van der Waals surface area contributed by atoms with Crippen molar-refractivity contribution in [2.45, 2.75) is 6.54 Å². The fourth-order valence-electron chi connectivity index (χ4n) is 2.21. The highest BCUT2D eigenvalue weighted by Crippen LogP contribution is 2.31. The van der Waals surface area contributed by atoms with Crippen LogP contribution in [0.2, 0.25) is 0 Å². The van der Waals surface area contributed by atoms with E-state index >= 15 is 0 Å². The highest BCUT2D eigenvalue weighted by atomic mass is 32.1. The van der Waals surface area contributed by atoms with Crippen molar-refractivity contribution < 1.29 is 19.0 Å². The molecule has 0 aromatic carbocycles. The predicted molar refractivity (Wildman–Crippen MR) is 109 cm³/mol. The van der Waals surface area contributed by atoms with Crippen molar-refractivity contribution in [3.05, 3.63) is 29.0 Å². The van der Waals surface area contributed by atoms with Gasteiger partial charge in [0.15, 0.2) is 10.8 Å². The molecule has 29 heavy (non-hydrogen) atoms. The van der Waals surface area contributed by atoms with Crippen molar-refractivity contribution in [2.24, 2.45) is 0 Å². The average molecular weight is 423 g/mol. The molecule has 0 fully saturated rings. The SMILES string of the molecule is C=C(c1sc(NC(=O)c2cn(CCOC)nn2)nc1C(=N)OC)N(C)CCOC. The number of hydrogen-bond donors (Lipinski definition) is 2. The molecule has 0 saturated carbocycles. The Kier molecular flexibility index (Phi) is 8.24. The average Bonchev–Trinajstić information content (AvgIpc) is 3.36. The second-order valence-electron chi connectivity index (χ2n) is 5.90. The van der Waals surface area contributed by atoms with Gasteiger partial charge >= 0.3 is 0 Å². The van der Waals surface area contributed by atoms with E-state index in [-0.39, 0.29) is 11.6 Å². The zero-order valence-electron chi connectivity index (χ0n) is 16.9. The fraction of sp³-hybridized carbons (Fsp3) is 0.471. The van der Waals surface area contributed by atoms with Crippen molar-refractivity contribution in [3.8, 4) is 0 Å². The van der Waals surface area contributed by atoms with E-state index in [2.05, 4.69) is 27.2 Å². The van der Waals surface area contributed by atoms with Gasteiger partial charge in [-0.3, -0.25) is 15.5 Å². The Labute approximate surface area is 172 Å². The maximum absolute atomic E-state index is 12.5. The van der Waals surface area contributed by atoms with Crippen LogP contribution in [0.25, 0.3) is 5.70 Å². The molecule has 2 heterocycles. The molecule has 2 aromatic rings. The lowest BCUT2D eigenvalue weighted by atomic mass is 10.3. The number of hydrogen-bond acceptors (Lipinski definition) is 10. The second kappa shape index (κ2) is 10.6. The number of methoxy groups -OCH3 is 3. The van der Waals surface area contributed by atoms with Crippen LogP contribution in [0.15, 0.2) is 12.8 Å². The zero-order chi connectivity index (χ0) is 21.4. The molecule has 0 aliphatic carbocycles. The van der Waals surface area contributed by atoms with Crippen LogP contribution in [0.5, 0.6) is 0 Å². The van der Waals surface area contributed by atoms with Crippen molar-refractivity contribution in [3.63, 3.8) is 0 Å². The number of anilines is 1. The Morgan fingerprint density at radius 3 is 2.72 bits per heavy atom. The first-order valence-corrected chi connectivity index (χ1v) is 9.46. The van der Waals surface area contributed by atoms with E-state index in [0.717, 1.165) is 0 Å². The van der Waals surface area contributed by atoms with Crippen LogP contribution in [0.1, 0.15) is 21.1 Å². The smallest absolute Gasteiger partial charge is 0.279 e. The summed E-state index contributed by atoms with van der Waals surface area (Å²) in [7, 11) is 6.45. The van der Waals surface area contributed by atoms with Crippen molar-refractivity contribution in [1.82, 2.24) is 24.9 Å². The minimum Gasteiger partial charge on any atom is -0.480 e. The monoisotopic (exact) mass is 423 g/mol. The summed E-state index contributed by atoms with van der Waals surface area (Å²) in [6.07, 6.45) is 1.53. The molecule has 0 unspecified atom stereocenters. The third-order valence-electron chi connectivity index (χ3n) is 3.92. The molecule has 158 valence electrons. The van der Waals surface area contributed by atoms with Gasteiger partial charge in [-0.2, -0.15) is 0 Å². The number of carbonyl (C=O) groups is 1. The number of aromatic nitrogens is 4. The molecule has 1 amide bonds. The molecule has 11 nitrogen and oxygen atoms in total. The van der Waals surface area contributed by atoms with E-state index in [1.807, 2.05) is 11.9 Å². The number of ether oxygens (including phenoxy) is 3. The van der Waals surface area contributed by atoms with Gasteiger partial charge in [0, 0.05) is 33.5 Å². The summed E-state index contributed by atoms with van der Waals surface area (Å²) in [5.41, 5.74) is 1.09. The molecule has 0 aliphatic rings. The lowest BCUT2D eigenvalue weighted by Crippen LogP contribution is -2.21. The zero-order valence-corrected chi connectivity index (χ0v) is 17.7. The van der Waals surface area contributed by atoms with E-state index in [9.17, 15) is 4.79 Å². The van der Waals surface area contributed by atoms with Gasteiger partial charge in [-0.15, -0.1) is 5.10 Å². The number of rotatable bonds is 11. The molecule has 2 N–H and O–H groups in total. The molecule has 0 aliphatic heterocycles. The van der Waals surface area contributed by atoms with Crippen LogP contribution in [-0.2, 0) is 20.8 Å². The second-order valence-corrected chi connectivity index (χ2v) is 6.90. The number of amides is 1. The van der Waals surface area contributed by atoms with Crippen LogP contribution >= 0.6 is 11.3 Å². The van der Waals surface area contributed by atoms with Gasteiger partial charge in [0.1, 0.15) is 5.69 Å². The first-order valence-electron chi connectivity index (χ1n) is 8.64. The van der Waals surface area contributed by atoms with Crippen molar-refractivity contribution in [2.75, 3.05) is 53.5 Å². The first kappa shape index (κ1) is 22.5.